The summed E-state index contributed by atoms with van der Waals surface area (Å²) in [5.74, 6) is -0.310. The highest BCUT2D eigenvalue weighted by Crippen LogP contribution is 2.15. The number of piperazine rings is 1. The zero-order chi connectivity index (χ0) is 21.3. The number of esters is 1. The van der Waals surface area contributed by atoms with E-state index in [2.05, 4.69) is 14.7 Å². The van der Waals surface area contributed by atoms with Crippen molar-refractivity contribution in [2.45, 2.75) is 6.61 Å². The number of benzene rings is 1. The molecular formula is C20H20F2N4O4. The normalized spacial score (nSPS) is 14.2. The molecule has 0 bridgehead atoms. The number of carbonyl (C=O) groups excluding carboxylic acids is 2. The summed E-state index contributed by atoms with van der Waals surface area (Å²) in [5.41, 5.74) is 0.596. The number of nitrogens with zero attached hydrogens (tertiary/aromatic N) is 4. The smallest absolute Gasteiger partial charge is 0.387 e. The Morgan fingerprint density at radius 2 is 1.73 bits per heavy atom. The van der Waals surface area contributed by atoms with Crippen molar-refractivity contribution >= 4 is 23.9 Å². The summed E-state index contributed by atoms with van der Waals surface area (Å²) in [6.45, 7) is -1.10. The third-order valence-corrected chi connectivity index (χ3v) is 4.32. The molecule has 0 atom stereocenters. The van der Waals surface area contributed by atoms with Crippen molar-refractivity contribution in [2.75, 3.05) is 37.7 Å². The van der Waals surface area contributed by atoms with Gasteiger partial charge in [-0.25, -0.2) is 14.8 Å². The van der Waals surface area contributed by atoms with Crippen LogP contribution in [0.1, 0.15) is 5.56 Å². The molecule has 0 N–H and O–H groups in total. The number of alkyl halides is 2. The zero-order valence-electron chi connectivity index (χ0n) is 16.0. The summed E-state index contributed by atoms with van der Waals surface area (Å²) in [4.78, 5) is 36.1. The standard InChI is InChI=1S/C20H20F2N4O4/c21-19(22)30-16-5-2-15(3-6-16)4-7-18(28)29-14-17(27)25-10-12-26(13-11-25)20-23-8-1-9-24-20/h1-9,19H,10-14H2/b7-4+. The number of amides is 1. The Kier molecular flexibility index (Phi) is 7.25. The van der Waals surface area contributed by atoms with E-state index in [1.807, 2.05) is 4.90 Å². The van der Waals surface area contributed by atoms with Gasteiger partial charge >= 0.3 is 12.6 Å². The lowest BCUT2D eigenvalue weighted by molar-refractivity contribution is -0.148. The van der Waals surface area contributed by atoms with Gasteiger partial charge in [-0.2, -0.15) is 8.78 Å². The highest BCUT2D eigenvalue weighted by Gasteiger charge is 2.22. The van der Waals surface area contributed by atoms with Gasteiger partial charge in [-0.3, -0.25) is 4.79 Å². The van der Waals surface area contributed by atoms with Gasteiger partial charge in [-0.1, -0.05) is 12.1 Å². The Balaban J connectivity index is 1.40. The summed E-state index contributed by atoms with van der Waals surface area (Å²) in [5, 5.41) is 0. The van der Waals surface area contributed by atoms with Gasteiger partial charge < -0.3 is 19.3 Å². The van der Waals surface area contributed by atoms with Crippen LogP contribution in [-0.4, -0.2) is 66.1 Å². The highest BCUT2D eigenvalue weighted by atomic mass is 19.3. The van der Waals surface area contributed by atoms with E-state index in [1.165, 1.54) is 36.4 Å². The zero-order valence-corrected chi connectivity index (χ0v) is 16.0. The van der Waals surface area contributed by atoms with Crippen LogP contribution in [0, 0.1) is 0 Å². The molecule has 1 amide bonds. The van der Waals surface area contributed by atoms with Crippen LogP contribution in [0.4, 0.5) is 14.7 Å². The number of hydrogen-bond donors (Lipinski definition) is 0. The van der Waals surface area contributed by atoms with Gasteiger partial charge in [0.05, 0.1) is 0 Å². The fraction of sp³-hybridized carbons (Fsp3) is 0.300. The van der Waals surface area contributed by atoms with Crippen molar-refractivity contribution in [3.05, 3.63) is 54.4 Å². The maximum atomic E-state index is 12.2. The fourth-order valence-corrected chi connectivity index (χ4v) is 2.81. The molecule has 3 rings (SSSR count). The van der Waals surface area contributed by atoms with E-state index in [0.717, 1.165) is 0 Å². The Bertz CT molecular complexity index is 870. The monoisotopic (exact) mass is 418 g/mol. The van der Waals surface area contributed by atoms with Gasteiger partial charge in [-0.15, -0.1) is 0 Å². The third-order valence-electron chi connectivity index (χ3n) is 4.32. The second kappa shape index (κ2) is 10.3. The molecule has 0 unspecified atom stereocenters. The SMILES string of the molecule is O=C(/C=C/c1ccc(OC(F)F)cc1)OCC(=O)N1CCN(c2ncccn2)CC1. The molecule has 1 aliphatic heterocycles. The number of aromatic nitrogens is 2. The van der Waals surface area contributed by atoms with Crippen LogP contribution in [0.2, 0.25) is 0 Å². The van der Waals surface area contributed by atoms with Gasteiger partial charge in [-0.05, 0) is 29.8 Å². The second-order valence-corrected chi connectivity index (χ2v) is 6.31. The fourth-order valence-electron chi connectivity index (χ4n) is 2.81. The summed E-state index contributed by atoms with van der Waals surface area (Å²) >= 11 is 0. The van der Waals surface area contributed by atoms with E-state index in [4.69, 9.17) is 4.74 Å². The maximum Gasteiger partial charge on any atom is 0.387 e. The van der Waals surface area contributed by atoms with Crippen molar-refractivity contribution in [2.24, 2.45) is 0 Å². The van der Waals surface area contributed by atoms with Crippen LogP contribution in [0.3, 0.4) is 0 Å². The lowest BCUT2D eigenvalue weighted by Gasteiger charge is -2.34. The minimum absolute atomic E-state index is 0.0225. The number of hydrogen-bond acceptors (Lipinski definition) is 7. The van der Waals surface area contributed by atoms with Crippen LogP contribution < -0.4 is 9.64 Å². The molecule has 158 valence electrons. The van der Waals surface area contributed by atoms with Crippen LogP contribution in [0.15, 0.2) is 48.8 Å². The largest absolute Gasteiger partial charge is 0.452 e. The molecule has 1 aliphatic rings. The number of carbonyl (C=O) groups is 2. The van der Waals surface area contributed by atoms with E-state index < -0.39 is 12.6 Å². The average molecular weight is 418 g/mol. The van der Waals surface area contributed by atoms with Crippen LogP contribution in [-0.2, 0) is 14.3 Å². The molecule has 1 saturated heterocycles. The van der Waals surface area contributed by atoms with E-state index >= 15 is 0 Å². The molecule has 10 heteroatoms. The average Bonchev–Trinajstić information content (AvgIpc) is 2.77. The molecule has 1 aromatic carbocycles. The van der Waals surface area contributed by atoms with Crippen molar-refractivity contribution in [3.8, 4) is 5.75 Å². The number of anilines is 1. The summed E-state index contributed by atoms with van der Waals surface area (Å²) in [6.07, 6.45) is 5.95. The maximum absolute atomic E-state index is 12.2. The minimum Gasteiger partial charge on any atom is -0.452 e. The van der Waals surface area contributed by atoms with Gasteiger partial charge in [0.25, 0.3) is 5.91 Å². The van der Waals surface area contributed by atoms with E-state index in [-0.39, 0.29) is 18.3 Å². The Hall–Kier alpha value is -3.56. The third kappa shape index (κ3) is 6.23. The van der Waals surface area contributed by atoms with E-state index in [9.17, 15) is 18.4 Å². The first kappa shape index (κ1) is 21.2. The summed E-state index contributed by atoms with van der Waals surface area (Å²) < 4.78 is 33.5. The molecule has 2 aromatic rings. The molecule has 0 saturated carbocycles. The predicted molar refractivity (Wildman–Crippen MR) is 104 cm³/mol. The second-order valence-electron chi connectivity index (χ2n) is 6.31. The molecule has 0 spiro atoms. The molecule has 8 nitrogen and oxygen atoms in total. The van der Waals surface area contributed by atoms with Gasteiger partial charge in [0.1, 0.15) is 5.75 Å². The first-order valence-corrected chi connectivity index (χ1v) is 9.21. The van der Waals surface area contributed by atoms with Crippen molar-refractivity contribution < 1.29 is 27.8 Å². The van der Waals surface area contributed by atoms with Crippen molar-refractivity contribution in [3.63, 3.8) is 0 Å². The van der Waals surface area contributed by atoms with Crippen molar-refractivity contribution in [1.82, 2.24) is 14.9 Å². The van der Waals surface area contributed by atoms with Crippen LogP contribution >= 0.6 is 0 Å². The molecule has 2 heterocycles. The number of rotatable bonds is 7. The molecule has 0 radical (unpaired) electrons. The molecule has 0 aliphatic carbocycles. The van der Waals surface area contributed by atoms with E-state index in [1.54, 1.807) is 23.4 Å². The highest BCUT2D eigenvalue weighted by molar-refractivity contribution is 5.89. The van der Waals surface area contributed by atoms with Crippen molar-refractivity contribution in [1.29, 1.82) is 0 Å². The summed E-state index contributed by atoms with van der Waals surface area (Å²) in [6, 6.07) is 7.50. The quantitative estimate of drug-likeness (QED) is 0.502. The summed E-state index contributed by atoms with van der Waals surface area (Å²) in [7, 11) is 0. The first-order valence-electron chi connectivity index (χ1n) is 9.21. The number of ether oxygens (including phenoxy) is 2. The van der Waals surface area contributed by atoms with Crippen LogP contribution in [0.25, 0.3) is 6.08 Å². The Labute approximate surface area is 171 Å². The molecule has 30 heavy (non-hydrogen) atoms. The van der Waals surface area contributed by atoms with Gasteiger partial charge in [0.15, 0.2) is 6.61 Å². The molecule has 1 fully saturated rings. The Morgan fingerprint density at radius 1 is 1.07 bits per heavy atom. The van der Waals surface area contributed by atoms with Gasteiger partial charge in [0.2, 0.25) is 5.95 Å². The lowest BCUT2D eigenvalue weighted by Crippen LogP contribution is -2.50. The molecular weight excluding hydrogens is 398 g/mol. The minimum atomic E-state index is -2.89. The van der Waals surface area contributed by atoms with Gasteiger partial charge in [0, 0.05) is 44.6 Å². The lowest BCUT2D eigenvalue weighted by atomic mass is 10.2. The van der Waals surface area contributed by atoms with Crippen LogP contribution in [0.5, 0.6) is 5.75 Å². The predicted octanol–water partition coefficient (Wildman–Crippen LogP) is 1.98. The first-order chi connectivity index (χ1) is 14.5. The Morgan fingerprint density at radius 3 is 2.37 bits per heavy atom. The molecule has 1 aromatic heterocycles. The topological polar surface area (TPSA) is 84.9 Å². The number of halogens is 2. The van der Waals surface area contributed by atoms with E-state index in [0.29, 0.717) is 37.7 Å².